The third-order valence-corrected chi connectivity index (χ3v) is 3.97. The van der Waals surface area contributed by atoms with E-state index >= 15 is 0 Å². The number of H-pyrrole nitrogens is 2. The number of ketones is 1. The Hall–Kier alpha value is -3.21. The molecule has 0 bridgehead atoms. The summed E-state index contributed by atoms with van der Waals surface area (Å²) < 4.78 is 0. The lowest BCUT2D eigenvalue weighted by atomic mass is 9.82. The van der Waals surface area contributed by atoms with Crippen LogP contribution in [0.5, 0.6) is 0 Å². The number of nitrogens with one attached hydrogen (secondary N) is 2. The molecule has 0 atom stereocenters. The van der Waals surface area contributed by atoms with Crippen molar-refractivity contribution < 1.29 is 4.79 Å². The van der Waals surface area contributed by atoms with Gasteiger partial charge in [0.05, 0.1) is 11.4 Å². The van der Waals surface area contributed by atoms with Crippen LogP contribution in [0.25, 0.3) is 11.6 Å². The molecule has 5 heteroatoms. The first-order valence-corrected chi connectivity index (χ1v) is 7.49. The summed E-state index contributed by atoms with van der Waals surface area (Å²) in [6.07, 6.45) is 5.66. The lowest BCUT2D eigenvalue weighted by Crippen LogP contribution is -2.27. The molecular weight excluding hydrogens is 304 g/mol. The van der Waals surface area contributed by atoms with Crippen molar-refractivity contribution in [2.45, 2.75) is 13.3 Å². The van der Waals surface area contributed by atoms with E-state index in [4.69, 9.17) is 0 Å². The molecule has 1 aliphatic carbocycles. The topological polar surface area (TPSA) is 82.8 Å². The lowest BCUT2D eigenvalue weighted by Gasteiger charge is -2.23. The number of carbonyl (C=O) groups excluding carboxylic acids is 1. The van der Waals surface area contributed by atoms with Gasteiger partial charge in [0.1, 0.15) is 0 Å². The largest absolute Gasteiger partial charge is 0.319 e. The highest BCUT2D eigenvalue weighted by Crippen LogP contribution is 2.36. The zero-order valence-electron chi connectivity index (χ0n) is 13.2. The smallest absolute Gasteiger partial charge is 0.249 e. The van der Waals surface area contributed by atoms with Crippen molar-refractivity contribution in [3.05, 3.63) is 91.8 Å². The van der Waals surface area contributed by atoms with Crippen molar-refractivity contribution in [3.8, 4) is 0 Å². The van der Waals surface area contributed by atoms with Crippen molar-refractivity contribution in [3.63, 3.8) is 0 Å². The molecule has 2 N–H and O–H groups in total. The molecule has 0 saturated carbocycles. The highest BCUT2D eigenvalue weighted by molar-refractivity contribution is 6.17. The first-order chi connectivity index (χ1) is 11.5. The van der Waals surface area contributed by atoms with Crippen LogP contribution in [-0.4, -0.2) is 15.8 Å². The van der Waals surface area contributed by atoms with Crippen molar-refractivity contribution in [2.24, 2.45) is 0 Å². The van der Waals surface area contributed by atoms with Gasteiger partial charge in [-0.15, -0.1) is 6.58 Å². The van der Waals surface area contributed by atoms with Crippen LogP contribution in [0.1, 0.15) is 45.4 Å². The molecule has 2 aromatic rings. The first kappa shape index (κ1) is 15.7. The zero-order chi connectivity index (χ0) is 17.4. The van der Waals surface area contributed by atoms with E-state index in [0.717, 1.165) is 0 Å². The quantitative estimate of drug-likeness (QED) is 0.727. The van der Waals surface area contributed by atoms with Crippen molar-refractivity contribution in [2.75, 3.05) is 0 Å². The Morgan fingerprint density at radius 2 is 1.67 bits per heavy atom. The molecule has 0 aliphatic heterocycles. The number of rotatable bonds is 3. The second kappa shape index (κ2) is 5.77. The Morgan fingerprint density at radius 3 is 2.29 bits per heavy atom. The highest BCUT2D eigenvalue weighted by Gasteiger charge is 2.31. The molecule has 2 heterocycles. The fourth-order valence-corrected chi connectivity index (χ4v) is 3.08. The van der Waals surface area contributed by atoms with Crippen molar-refractivity contribution >= 4 is 17.4 Å². The fourth-order valence-electron chi connectivity index (χ4n) is 3.08. The summed E-state index contributed by atoms with van der Waals surface area (Å²) in [6.45, 7) is 9.64. The summed E-state index contributed by atoms with van der Waals surface area (Å²) in [6, 6.07) is 2.88. The van der Waals surface area contributed by atoms with Crippen molar-refractivity contribution in [1.82, 2.24) is 9.97 Å². The minimum Gasteiger partial charge on any atom is -0.319 e. The zero-order valence-corrected chi connectivity index (χ0v) is 13.2. The molecule has 0 radical (unpaired) electrons. The number of carbonyl (C=O) groups is 1. The summed E-state index contributed by atoms with van der Waals surface area (Å²) in [5, 5.41) is 0. The van der Waals surface area contributed by atoms with Gasteiger partial charge in [-0.05, 0) is 30.0 Å². The number of aromatic nitrogens is 2. The SMILES string of the molecule is C=CCc1cc(=O)[nH]c2c1C(=C)c1c(/C=C\C)cc(=O)[nH]c1C2=O. The highest BCUT2D eigenvalue weighted by atomic mass is 16.1. The molecule has 0 spiro atoms. The minimum absolute atomic E-state index is 0.152. The van der Waals surface area contributed by atoms with E-state index in [0.29, 0.717) is 34.2 Å². The molecule has 24 heavy (non-hydrogen) atoms. The molecule has 1 aliphatic rings. The molecule has 0 amide bonds. The van der Waals surface area contributed by atoms with E-state index < -0.39 is 5.78 Å². The molecule has 0 saturated heterocycles. The van der Waals surface area contributed by atoms with Gasteiger partial charge in [-0.25, -0.2) is 0 Å². The summed E-state index contributed by atoms with van der Waals surface area (Å²) in [7, 11) is 0. The molecule has 0 aromatic carbocycles. The summed E-state index contributed by atoms with van der Waals surface area (Å²) in [4.78, 5) is 41.8. The number of pyridine rings is 2. The van der Waals surface area contributed by atoms with E-state index in [1.54, 1.807) is 18.2 Å². The minimum atomic E-state index is -0.418. The van der Waals surface area contributed by atoms with Crippen LogP contribution in [0.2, 0.25) is 0 Å². The second-order valence-corrected chi connectivity index (χ2v) is 5.55. The number of hydrogen-bond acceptors (Lipinski definition) is 3. The van der Waals surface area contributed by atoms with Crippen LogP contribution < -0.4 is 11.1 Å². The number of aromatic amines is 2. The Morgan fingerprint density at radius 1 is 1.04 bits per heavy atom. The van der Waals surface area contributed by atoms with Gasteiger partial charge in [-0.3, -0.25) is 14.4 Å². The number of allylic oxidation sites excluding steroid dienone is 2. The van der Waals surface area contributed by atoms with Gasteiger partial charge in [-0.2, -0.15) is 0 Å². The first-order valence-electron chi connectivity index (χ1n) is 7.49. The van der Waals surface area contributed by atoms with Gasteiger partial charge in [0, 0.05) is 23.3 Å². The summed E-state index contributed by atoms with van der Waals surface area (Å²) in [5.74, 6) is -0.418. The van der Waals surface area contributed by atoms with E-state index in [1.165, 1.54) is 12.1 Å². The van der Waals surface area contributed by atoms with Gasteiger partial charge < -0.3 is 9.97 Å². The lowest BCUT2D eigenvalue weighted by molar-refractivity contribution is 0.102. The molecule has 5 nitrogen and oxygen atoms in total. The maximum atomic E-state index is 12.8. The average molecular weight is 320 g/mol. The number of fused-ring (bicyclic) bond motifs is 2. The van der Waals surface area contributed by atoms with Crippen LogP contribution in [-0.2, 0) is 6.42 Å². The third kappa shape index (κ3) is 2.31. The maximum absolute atomic E-state index is 12.8. The molecule has 2 aromatic heterocycles. The van der Waals surface area contributed by atoms with E-state index in [2.05, 4.69) is 23.1 Å². The van der Waals surface area contributed by atoms with Gasteiger partial charge in [0.25, 0.3) is 0 Å². The second-order valence-electron chi connectivity index (χ2n) is 5.55. The predicted octanol–water partition coefficient (Wildman–Crippen LogP) is 2.43. The van der Waals surface area contributed by atoms with Gasteiger partial charge in [0.2, 0.25) is 16.9 Å². The van der Waals surface area contributed by atoms with Gasteiger partial charge >= 0.3 is 0 Å². The average Bonchev–Trinajstić information content (AvgIpc) is 2.52. The Kier molecular flexibility index (Phi) is 3.77. The third-order valence-electron chi connectivity index (χ3n) is 3.97. The van der Waals surface area contributed by atoms with Crippen molar-refractivity contribution in [1.29, 1.82) is 0 Å². The summed E-state index contributed by atoms with van der Waals surface area (Å²) in [5.41, 5.74) is 2.65. The Balaban J connectivity index is 2.41. The monoisotopic (exact) mass is 320 g/mol. The molecule has 0 fully saturated rings. The van der Waals surface area contributed by atoms with E-state index in [-0.39, 0.29) is 22.5 Å². The Labute approximate surface area is 138 Å². The molecule has 3 rings (SSSR count). The predicted molar refractivity (Wildman–Crippen MR) is 94.3 cm³/mol. The van der Waals surface area contributed by atoms with Crippen LogP contribution in [0.3, 0.4) is 0 Å². The molecular formula is C19H16N2O3. The fraction of sp³-hybridized carbons (Fsp3) is 0.105. The Bertz CT molecular complexity index is 1040. The van der Waals surface area contributed by atoms with Gasteiger partial charge in [-0.1, -0.05) is 24.8 Å². The van der Waals surface area contributed by atoms with E-state index in [1.807, 2.05) is 6.92 Å². The standard InChI is InChI=1S/C19H16N2O3/c1-4-6-11-8-13(22)20-17-15(11)10(3)16-12(7-5-2)9-14(23)21-18(16)19(17)24/h4-5,7-9H,1,3,6H2,2H3,(H,20,22)(H,21,23)/b7-5-. The van der Waals surface area contributed by atoms with Crippen LogP contribution in [0.15, 0.2) is 47.0 Å². The molecule has 120 valence electrons. The van der Waals surface area contributed by atoms with E-state index in [9.17, 15) is 14.4 Å². The van der Waals surface area contributed by atoms with Crippen LogP contribution >= 0.6 is 0 Å². The normalized spacial score (nSPS) is 13.0. The number of hydrogen-bond donors (Lipinski definition) is 2. The molecule has 0 unspecified atom stereocenters. The maximum Gasteiger partial charge on any atom is 0.249 e. The summed E-state index contributed by atoms with van der Waals surface area (Å²) >= 11 is 0. The van der Waals surface area contributed by atoms with Gasteiger partial charge in [0.15, 0.2) is 0 Å². The van der Waals surface area contributed by atoms with Crippen LogP contribution in [0, 0.1) is 0 Å². The van der Waals surface area contributed by atoms with Crippen LogP contribution in [0.4, 0.5) is 0 Å².